The molecule has 0 unspecified atom stereocenters. The molecule has 0 saturated carbocycles. The average molecular weight is 641 g/mol. The van der Waals surface area contributed by atoms with E-state index in [1.165, 1.54) is 27.1 Å². The number of imidazole rings is 2. The number of hydrogen-bond donors (Lipinski definition) is 0. The summed E-state index contributed by atoms with van der Waals surface area (Å²) < 4.78 is 4.31. The first-order valence-corrected chi connectivity index (χ1v) is 16.6. The van der Waals surface area contributed by atoms with Crippen LogP contribution >= 0.6 is 0 Å². The number of aromatic nitrogens is 6. The predicted octanol–water partition coefficient (Wildman–Crippen LogP) is 10.5. The van der Waals surface area contributed by atoms with Gasteiger partial charge in [-0.2, -0.15) is 0 Å². The van der Waals surface area contributed by atoms with Crippen LogP contribution in [0.2, 0.25) is 0 Å². The molecule has 50 heavy (non-hydrogen) atoms. The minimum Gasteiger partial charge on any atom is -0.277 e. The molecule has 0 aliphatic rings. The molecule has 6 heteroatoms. The smallest absolute Gasteiger partial charge is 0.164 e. The Morgan fingerprint density at radius 2 is 0.820 bits per heavy atom. The van der Waals surface area contributed by atoms with Crippen LogP contribution in [-0.4, -0.2) is 29.1 Å². The van der Waals surface area contributed by atoms with E-state index in [9.17, 15) is 0 Å². The molecule has 0 bridgehead atoms. The fourth-order valence-electron chi connectivity index (χ4n) is 7.21. The molecule has 0 saturated heterocycles. The first kappa shape index (κ1) is 28.1. The SMILES string of the molecule is c1ccc(-n2c(-c3cc(-c4c5ccccc5cc5ccccc45)cc(-c4nc5cccnc5n4-c4ccccc4)c3)nc3cccnc32)cc1. The normalized spacial score (nSPS) is 11.6. The van der Waals surface area contributed by atoms with Crippen LogP contribution in [0.3, 0.4) is 0 Å². The number of pyridine rings is 2. The van der Waals surface area contributed by atoms with Crippen LogP contribution in [-0.2, 0) is 0 Å². The van der Waals surface area contributed by atoms with Crippen LogP contribution < -0.4 is 0 Å². The van der Waals surface area contributed by atoms with Crippen molar-refractivity contribution in [1.82, 2.24) is 29.1 Å². The fraction of sp³-hybridized carbons (Fsp3) is 0. The molecule has 6 nitrogen and oxygen atoms in total. The van der Waals surface area contributed by atoms with Gasteiger partial charge in [-0.15, -0.1) is 0 Å². The highest BCUT2D eigenvalue weighted by molar-refractivity contribution is 6.13. The van der Waals surface area contributed by atoms with Gasteiger partial charge in [0, 0.05) is 34.9 Å². The molecule has 0 spiro atoms. The lowest BCUT2D eigenvalue weighted by atomic mass is 9.90. The number of hydrogen-bond acceptors (Lipinski definition) is 4. The maximum Gasteiger partial charge on any atom is 0.164 e. The molecule has 0 radical (unpaired) electrons. The number of benzene rings is 6. The Labute approximate surface area is 287 Å². The van der Waals surface area contributed by atoms with Gasteiger partial charge in [0.2, 0.25) is 0 Å². The summed E-state index contributed by atoms with van der Waals surface area (Å²) in [4.78, 5) is 20.1. The van der Waals surface area contributed by atoms with Crippen molar-refractivity contribution in [2.45, 2.75) is 0 Å². The molecule has 0 atom stereocenters. The van der Waals surface area contributed by atoms with Gasteiger partial charge in [-0.3, -0.25) is 9.13 Å². The van der Waals surface area contributed by atoms with Crippen molar-refractivity contribution in [2.24, 2.45) is 0 Å². The quantitative estimate of drug-likeness (QED) is 0.176. The summed E-state index contributed by atoms with van der Waals surface area (Å²) in [6.45, 7) is 0. The molecule has 4 aromatic heterocycles. The van der Waals surface area contributed by atoms with Gasteiger partial charge >= 0.3 is 0 Å². The lowest BCUT2D eigenvalue weighted by Crippen LogP contribution is -2.01. The molecular formula is C44H28N6. The van der Waals surface area contributed by atoms with Gasteiger partial charge in [0.1, 0.15) is 22.7 Å². The zero-order valence-corrected chi connectivity index (χ0v) is 26.8. The molecule has 0 aliphatic heterocycles. The summed E-state index contributed by atoms with van der Waals surface area (Å²) in [6, 6.07) is 54.9. The van der Waals surface area contributed by atoms with Crippen LogP contribution in [0.1, 0.15) is 0 Å². The van der Waals surface area contributed by atoms with Crippen molar-refractivity contribution in [2.75, 3.05) is 0 Å². The average Bonchev–Trinajstić information content (AvgIpc) is 3.77. The minimum atomic E-state index is 0.803. The van der Waals surface area contributed by atoms with Crippen LogP contribution in [0, 0.1) is 0 Å². The lowest BCUT2D eigenvalue weighted by molar-refractivity contribution is 1.07. The molecule has 6 aromatic carbocycles. The summed E-state index contributed by atoms with van der Waals surface area (Å²) in [5.74, 6) is 1.61. The Morgan fingerprint density at radius 3 is 1.32 bits per heavy atom. The minimum absolute atomic E-state index is 0.803. The highest BCUT2D eigenvalue weighted by Gasteiger charge is 2.22. The maximum atomic E-state index is 5.24. The van der Waals surface area contributed by atoms with Gasteiger partial charge in [-0.05, 0) is 105 Å². The second kappa shape index (κ2) is 11.4. The monoisotopic (exact) mass is 640 g/mol. The summed E-state index contributed by atoms with van der Waals surface area (Å²) in [5.41, 5.74) is 9.40. The van der Waals surface area contributed by atoms with Crippen molar-refractivity contribution in [1.29, 1.82) is 0 Å². The third kappa shape index (κ3) is 4.50. The Kier molecular flexibility index (Phi) is 6.39. The third-order valence-electron chi connectivity index (χ3n) is 9.37. The predicted molar refractivity (Wildman–Crippen MR) is 203 cm³/mol. The maximum absolute atomic E-state index is 5.24. The van der Waals surface area contributed by atoms with E-state index < -0.39 is 0 Å². The van der Waals surface area contributed by atoms with Crippen LogP contribution in [0.5, 0.6) is 0 Å². The number of para-hydroxylation sites is 2. The Morgan fingerprint density at radius 1 is 0.380 bits per heavy atom. The van der Waals surface area contributed by atoms with E-state index in [2.05, 4.69) is 106 Å². The number of fused-ring (bicyclic) bond motifs is 4. The molecule has 0 amide bonds. The summed E-state index contributed by atoms with van der Waals surface area (Å²) in [6.07, 6.45) is 3.65. The van der Waals surface area contributed by atoms with Crippen molar-refractivity contribution in [3.8, 4) is 45.3 Å². The van der Waals surface area contributed by atoms with Crippen molar-refractivity contribution >= 4 is 43.9 Å². The molecule has 10 aromatic rings. The van der Waals surface area contributed by atoms with E-state index in [1.807, 2.05) is 73.1 Å². The van der Waals surface area contributed by atoms with Crippen molar-refractivity contribution < 1.29 is 0 Å². The van der Waals surface area contributed by atoms with E-state index in [1.54, 1.807) is 0 Å². The largest absolute Gasteiger partial charge is 0.277 e. The van der Waals surface area contributed by atoms with Gasteiger partial charge in [0.05, 0.1) is 0 Å². The number of rotatable bonds is 5. The van der Waals surface area contributed by atoms with E-state index in [0.29, 0.717) is 0 Å². The van der Waals surface area contributed by atoms with Gasteiger partial charge < -0.3 is 0 Å². The second-order valence-corrected chi connectivity index (χ2v) is 12.4. The lowest BCUT2D eigenvalue weighted by Gasteiger charge is -2.16. The van der Waals surface area contributed by atoms with Gasteiger partial charge in [-0.1, -0.05) is 84.9 Å². The van der Waals surface area contributed by atoms with Crippen LogP contribution in [0.15, 0.2) is 170 Å². The molecule has 0 N–H and O–H groups in total. The third-order valence-corrected chi connectivity index (χ3v) is 9.37. The zero-order valence-electron chi connectivity index (χ0n) is 26.8. The Bertz CT molecular complexity index is 2680. The number of nitrogens with zero attached hydrogens (tertiary/aromatic N) is 6. The first-order valence-electron chi connectivity index (χ1n) is 16.6. The van der Waals surface area contributed by atoms with E-state index in [-0.39, 0.29) is 0 Å². The van der Waals surface area contributed by atoms with E-state index in [4.69, 9.17) is 19.9 Å². The summed E-state index contributed by atoms with van der Waals surface area (Å²) >= 11 is 0. The van der Waals surface area contributed by atoms with E-state index in [0.717, 1.165) is 62.0 Å². The fourth-order valence-corrected chi connectivity index (χ4v) is 7.21. The van der Waals surface area contributed by atoms with Crippen LogP contribution in [0.25, 0.3) is 89.2 Å². The molecule has 4 heterocycles. The zero-order chi connectivity index (χ0) is 33.0. The second-order valence-electron chi connectivity index (χ2n) is 12.4. The molecule has 0 aliphatic carbocycles. The van der Waals surface area contributed by atoms with Crippen molar-refractivity contribution in [3.63, 3.8) is 0 Å². The Hall–Kier alpha value is -6.92. The van der Waals surface area contributed by atoms with Crippen LogP contribution in [0.4, 0.5) is 0 Å². The van der Waals surface area contributed by atoms with E-state index >= 15 is 0 Å². The standard InChI is InChI=1S/C44H28N6/c1-3-15-34(16-4-1)49-41(47-38-21-11-23-45-43(38)49)32-26-31(40-36-19-9-7-13-29(36)25-30-14-8-10-20-37(30)40)27-33(28-32)42-48-39-22-12-24-46-44(39)50(42)35-17-5-2-6-18-35/h1-28H. The highest BCUT2D eigenvalue weighted by atomic mass is 15.1. The summed E-state index contributed by atoms with van der Waals surface area (Å²) in [7, 11) is 0. The van der Waals surface area contributed by atoms with Gasteiger partial charge in [-0.25, -0.2) is 19.9 Å². The van der Waals surface area contributed by atoms with Gasteiger partial charge in [0.15, 0.2) is 11.3 Å². The van der Waals surface area contributed by atoms with Gasteiger partial charge in [0.25, 0.3) is 0 Å². The first-order chi connectivity index (χ1) is 24.8. The summed E-state index contributed by atoms with van der Waals surface area (Å²) in [5, 5.41) is 4.75. The topological polar surface area (TPSA) is 61.4 Å². The molecular weight excluding hydrogens is 613 g/mol. The molecule has 0 fully saturated rings. The molecule has 234 valence electrons. The molecule has 10 rings (SSSR count). The Balaban J connectivity index is 1.34. The highest BCUT2D eigenvalue weighted by Crippen LogP contribution is 2.41. The van der Waals surface area contributed by atoms with Crippen molar-refractivity contribution in [3.05, 3.63) is 170 Å².